The lowest BCUT2D eigenvalue weighted by Crippen LogP contribution is -2.25. The predicted molar refractivity (Wildman–Crippen MR) is 71.6 cm³/mol. The van der Waals surface area contributed by atoms with Crippen molar-refractivity contribution in [3.63, 3.8) is 0 Å². The summed E-state index contributed by atoms with van der Waals surface area (Å²) in [6.45, 7) is 2.07. The van der Waals surface area contributed by atoms with Gasteiger partial charge in [0, 0.05) is 0 Å². The Morgan fingerprint density at radius 2 is 1.84 bits per heavy atom. The smallest absolute Gasteiger partial charge is 0.276 e. The summed E-state index contributed by atoms with van der Waals surface area (Å²) in [5.41, 5.74) is -0.494. The molecule has 0 N–H and O–H groups in total. The maximum absolute atomic E-state index is 5.54. The first-order valence-electron chi connectivity index (χ1n) is 6.16. The highest BCUT2D eigenvalue weighted by Crippen LogP contribution is 2.24. The minimum atomic E-state index is -0.494. The molecular formula is C13H14N4OS. The first-order valence-corrected chi connectivity index (χ1v) is 7.38. The molecule has 0 fully saturated rings. The Labute approximate surface area is 114 Å². The van der Waals surface area contributed by atoms with Crippen LogP contribution in [0, 0.1) is 0 Å². The Morgan fingerprint density at radius 3 is 2.37 bits per heavy atom. The molecule has 0 spiro atoms. The lowest BCUT2D eigenvalue weighted by molar-refractivity contribution is 0.346. The van der Waals surface area contributed by atoms with Crippen molar-refractivity contribution in [2.75, 3.05) is 6.26 Å². The molecule has 2 aromatic rings. The maximum atomic E-state index is 5.54. The lowest BCUT2D eigenvalue weighted by atomic mass is 10.1. The molecule has 19 heavy (non-hydrogen) atoms. The Hall–Kier alpha value is -1.69. The molecule has 0 atom stereocenters. The fraction of sp³-hybridized carbons (Fsp3) is 0.385. The summed E-state index contributed by atoms with van der Waals surface area (Å²) in [4.78, 5) is 9.46. The van der Waals surface area contributed by atoms with Crippen LogP contribution in [0.15, 0.2) is 43.9 Å². The van der Waals surface area contributed by atoms with Crippen LogP contribution in [0.4, 0.5) is 0 Å². The Balaban J connectivity index is 1.96. The van der Waals surface area contributed by atoms with E-state index in [9.17, 15) is 0 Å². The van der Waals surface area contributed by atoms with Crippen LogP contribution in [0.2, 0.25) is 0 Å². The molecule has 6 heteroatoms. The summed E-state index contributed by atoms with van der Waals surface area (Å²) >= 11 is 1.44. The van der Waals surface area contributed by atoms with E-state index in [1.165, 1.54) is 11.8 Å². The fourth-order valence-corrected chi connectivity index (χ4v) is 2.43. The summed E-state index contributed by atoms with van der Waals surface area (Å²) in [5, 5.41) is 10.5. The molecule has 1 aromatic carbocycles. The molecule has 1 aromatic heterocycles. The van der Waals surface area contributed by atoms with Crippen molar-refractivity contribution < 1.29 is 4.42 Å². The predicted octanol–water partition coefficient (Wildman–Crippen LogP) is 1.39. The zero-order chi connectivity index (χ0) is 13.3. The SMILES string of the molecule is CCC1(Cc2nnc(SC)o2)N=c2ccccc2=N1. The van der Waals surface area contributed by atoms with Crippen molar-refractivity contribution in [3.8, 4) is 0 Å². The molecule has 2 heterocycles. The first-order chi connectivity index (χ1) is 9.24. The van der Waals surface area contributed by atoms with Crippen molar-refractivity contribution in [2.45, 2.75) is 30.7 Å². The number of fused-ring (bicyclic) bond motifs is 1. The highest BCUT2D eigenvalue weighted by atomic mass is 32.2. The zero-order valence-electron chi connectivity index (χ0n) is 10.8. The van der Waals surface area contributed by atoms with E-state index in [-0.39, 0.29) is 0 Å². The number of nitrogens with zero attached hydrogens (tertiary/aromatic N) is 4. The molecule has 5 nitrogen and oxygen atoms in total. The molecule has 0 unspecified atom stereocenters. The molecule has 0 saturated heterocycles. The molecule has 0 saturated carbocycles. The van der Waals surface area contributed by atoms with Crippen molar-refractivity contribution >= 4 is 11.8 Å². The van der Waals surface area contributed by atoms with Gasteiger partial charge in [-0.15, -0.1) is 10.2 Å². The number of hydrogen-bond donors (Lipinski definition) is 0. The van der Waals surface area contributed by atoms with E-state index in [0.29, 0.717) is 17.5 Å². The second-order valence-corrected chi connectivity index (χ2v) is 5.15. The average Bonchev–Trinajstić information content (AvgIpc) is 3.02. The molecule has 1 aliphatic rings. The van der Waals surface area contributed by atoms with Crippen LogP contribution >= 0.6 is 11.8 Å². The van der Waals surface area contributed by atoms with Gasteiger partial charge in [0.05, 0.1) is 17.1 Å². The van der Waals surface area contributed by atoms with Gasteiger partial charge in [0.15, 0.2) is 5.66 Å². The summed E-state index contributed by atoms with van der Waals surface area (Å²) in [6.07, 6.45) is 3.26. The van der Waals surface area contributed by atoms with Gasteiger partial charge in [-0.05, 0) is 24.8 Å². The van der Waals surface area contributed by atoms with E-state index >= 15 is 0 Å². The zero-order valence-corrected chi connectivity index (χ0v) is 11.6. The minimum absolute atomic E-state index is 0.494. The van der Waals surface area contributed by atoms with Gasteiger partial charge < -0.3 is 4.42 Å². The maximum Gasteiger partial charge on any atom is 0.276 e. The summed E-state index contributed by atoms with van der Waals surface area (Å²) < 4.78 is 5.54. The Kier molecular flexibility index (Phi) is 3.10. The third kappa shape index (κ3) is 2.28. The molecule has 1 aliphatic heterocycles. The molecule has 0 radical (unpaired) electrons. The molecule has 3 rings (SSSR count). The second-order valence-electron chi connectivity index (χ2n) is 4.39. The fourth-order valence-electron chi connectivity index (χ4n) is 2.12. The van der Waals surface area contributed by atoms with Gasteiger partial charge in [-0.1, -0.05) is 30.8 Å². The van der Waals surface area contributed by atoms with Gasteiger partial charge in [0.1, 0.15) is 0 Å². The highest BCUT2D eigenvalue weighted by molar-refractivity contribution is 7.98. The number of aromatic nitrogens is 2. The topological polar surface area (TPSA) is 63.6 Å². The van der Waals surface area contributed by atoms with Gasteiger partial charge in [-0.25, -0.2) is 0 Å². The van der Waals surface area contributed by atoms with Gasteiger partial charge in [-0.3, -0.25) is 9.98 Å². The standard InChI is InChI=1S/C13H14N4OS/c1-3-13(8-11-16-17-12(18-11)19-2)14-9-6-4-5-7-10(9)15-13/h4-7H,3,8H2,1-2H3. The summed E-state index contributed by atoms with van der Waals surface area (Å²) in [6, 6.07) is 7.92. The van der Waals surface area contributed by atoms with E-state index in [1.807, 2.05) is 30.5 Å². The molecule has 0 aliphatic carbocycles. The summed E-state index contributed by atoms with van der Waals surface area (Å²) in [5.74, 6) is 0.589. The van der Waals surface area contributed by atoms with E-state index in [4.69, 9.17) is 14.4 Å². The number of hydrogen-bond acceptors (Lipinski definition) is 6. The second kappa shape index (κ2) is 4.77. The average molecular weight is 274 g/mol. The van der Waals surface area contributed by atoms with Gasteiger partial charge >= 0.3 is 0 Å². The Bertz CT molecular complexity index is 674. The van der Waals surface area contributed by atoms with Crippen molar-refractivity contribution in [1.29, 1.82) is 0 Å². The van der Waals surface area contributed by atoms with Gasteiger partial charge in [-0.2, -0.15) is 0 Å². The monoisotopic (exact) mass is 274 g/mol. The van der Waals surface area contributed by atoms with Crippen molar-refractivity contribution in [2.24, 2.45) is 9.98 Å². The molecule has 98 valence electrons. The van der Waals surface area contributed by atoms with E-state index in [2.05, 4.69) is 17.1 Å². The van der Waals surface area contributed by atoms with Crippen LogP contribution in [0.1, 0.15) is 19.2 Å². The van der Waals surface area contributed by atoms with Crippen LogP contribution < -0.4 is 10.7 Å². The van der Waals surface area contributed by atoms with Crippen LogP contribution in [0.25, 0.3) is 0 Å². The first kappa shape index (κ1) is 12.3. The van der Waals surface area contributed by atoms with Crippen LogP contribution in [0.3, 0.4) is 0 Å². The third-order valence-electron chi connectivity index (χ3n) is 3.16. The van der Waals surface area contributed by atoms with Gasteiger partial charge in [0.2, 0.25) is 5.89 Å². The van der Waals surface area contributed by atoms with Crippen molar-refractivity contribution in [3.05, 3.63) is 40.9 Å². The number of benzene rings is 1. The van der Waals surface area contributed by atoms with E-state index < -0.39 is 5.66 Å². The normalized spacial score (nSPS) is 15.7. The largest absolute Gasteiger partial charge is 0.416 e. The van der Waals surface area contributed by atoms with E-state index in [1.54, 1.807) is 0 Å². The molecule has 0 bridgehead atoms. The van der Waals surface area contributed by atoms with Crippen molar-refractivity contribution in [1.82, 2.24) is 10.2 Å². The third-order valence-corrected chi connectivity index (χ3v) is 3.68. The number of rotatable bonds is 4. The molecule has 0 amide bonds. The number of thioether (sulfide) groups is 1. The van der Waals surface area contributed by atoms with Crippen LogP contribution in [-0.4, -0.2) is 22.1 Å². The van der Waals surface area contributed by atoms with E-state index in [0.717, 1.165) is 17.1 Å². The van der Waals surface area contributed by atoms with Crippen LogP contribution in [0.5, 0.6) is 0 Å². The van der Waals surface area contributed by atoms with Crippen LogP contribution in [-0.2, 0) is 6.42 Å². The minimum Gasteiger partial charge on any atom is -0.416 e. The lowest BCUT2D eigenvalue weighted by Gasteiger charge is -2.18. The van der Waals surface area contributed by atoms with Gasteiger partial charge in [0.25, 0.3) is 5.22 Å². The summed E-state index contributed by atoms with van der Waals surface area (Å²) in [7, 11) is 0. The highest BCUT2D eigenvalue weighted by Gasteiger charge is 2.31. The Morgan fingerprint density at radius 1 is 1.16 bits per heavy atom. The molecular weight excluding hydrogens is 260 g/mol. The quantitative estimate of drug-likeness (QED) is 0.790. The number of para-hydroxylation sites is 2.